The van der Waals surface area contributed by atoms with Crippen LogP contribution >= 0.6 is 0 Å². The van der Waals surface area contributed by atoms with Crippen molar-refractivity contribution in [2.45, 2.75) is 32.2 Å². The summed E-state index contributed by atoms with van der Waals surface area (Å²) in [6.07, 6.45) is 3.83. The van der Waals surface area contributed by atoms with Gasteiger partial charge in [-0.15, -0.1) is 0 Å². The van der Waals surface area contributed by atoms with Gasteiger partial charge in [0.1, 0.15) is 0 Å². The van der Waals surface area contributed by atoms with E-state index in [-0.39, 0.29) is 6.03 Å². The number of rotatable bonds is 3. The van der Waals surface area contributed by atoms with E-state index in [1.54, 1.807) is 7.05 Å². The van der Waals surface area contributed by atoms with Crippen molar-refractivity contribution >= 4 is 6.03 Å². The highest BCUT2D eigenvalue weighted by molar-refractivity contribution is 5.73. The Morgan fingerprint density at radius 1 is 1.64 bits per heavy atom. The fourth-order valence-corrected chi connectivity index (χ4v) is 1.21. The second-order valence-corrected chi connectivity index (χ2v) is 3.30. The topological polar surface area (TPSA) is 41.1 Å². The van der Waals surface area contributed by atoms with Crippen LogP contribution < -0.4 is 10.6 Å². The molecule has 3 heteroatoms. The van der Waals surface area contributed by atoms with Crippen molar-refractivity contribution in [2.75, 3.05) is 7.05 Å². The van der Waals surface area contributed by atoms with Crippen LogP contribution in [0, 0.1) is 5.92 Å². The SMILES string of the molecule is CNC(=O)NC(C)CC1CC1. The molecule has 1 atom stereocenters. The molecule has 3 nitrogen and oxygen atoms in total. The average Bonchev–Trinajstić information content (AvgIpc) is 2.71. The molecular formula is C8H16N2O. The van der Waals surface area contributed by atoms with E-state index in [0.717, 1.165) is 12.3 Å². The van der Waals surface area contributed by atoms with E-state index < -0.39 is 0 Å². The third-order valence-corrected chi connectivity index (χ3v) is 1.99. The molecule has 0 aromatic carbocycles. The second kappa shape index (κ2) is 3.60. The molecule has 1 aliphatic rings. The summed E-state index contributed by atoms with van der Waals surface area (Å²) in [5.74, 6) is 0.877. The van der Waals surface area contributed by atoms with E-state index in [4.69, 9.17) is 0 Å². The maximum absolute atomic E-state index is 10.8. The Bertz CT molecular complexity index is 143. The third kappa shape index (κ3) is 3.25. The molecule has 11 heavy (non-hydrogen) atoms. The molecule has 2 N–H and O–H groups in total. The van der Waals surface area contributed by atoms with Crippen molar-refractivity contribution in [3.05, 3.63) is 0 Å². The predicted molar refractivity (Wildman–Crippen MR) is 44.4 cm³/mol. The smallest absolute Gasteiger partial charge is 0.314 e. The van der Waals surface area contributed by atoms with E-state index in [1.807, 2.05) is 6.92 Å². The molecule has 0 heterocycles. The van der Waals surface area contributed by atoms with Crippen LogP contribution in [0.3, 0.4) is 0 Å². The Balaban J connectivity index is 2.08. The molecule has 1 rings (SSSR count). The molecule has 0 aliphatic heterocycles. The van der Waals surface area contributed by atoms with Crippen molar-refractivity contribution in [1.82, 2.24) is 10.6 Å². The Labute approximate surface area is 67.5 Å². The lowest BCUT2D eigenvalue weighted by atomic mass is 10.2. The predicted octanol–water partition coefficient (Wildman–Crippen LogP) is 1.10. The molecule has 0 saturated heterocycles. The minimum absolute atomic E-state index is 0.0712. The lowest BCUT2D eigenvalue weighted by Crippen LogP contribution is -2.39. The maximum atomic E-state index is 10.8. The van der Waals surface area contributed by atoms with Crippen molar-refractivity contribution < 1.29 is 4.79 Å². The zero-order valence-corrected chi connectivity index (χ0v) is 7.18. The number of nitrogens with one attached hydrogen (secondary N) is 2. The molecular weight excluding hydrogens is 140 g/mol. The number of hydrogen-bond acceptors (Lipinski definition) is 1. The molecule has 1 aliphatic carbocycles. The summed E-state index contributed by atoms with van der Waals surface area (Å²) in [5.41, 5.74) is 0. The lowest BCUT2D eigenvalue weighted by molar-refractivity contribution is 0.239. The van der Waals surface area contributed by atoms with Crippen LogP contribution in [0.4, 0.5) is 4.79 Å². The summed E-state index contributed by atoms with van der Waals surface area (Å²) in [5, 5.41) is 5.39. The monoisotopic (exact) mass is 156 g/mol. The maximum Gasteiger partial charge on any atom is 0.314 e. The molecule has 0 radical (unpaired) electrons. The van der Waals surface area contributed by atoms with Crippen molar-refractivity contribution in [2.24, 2.45) is 5.92 Å². The van der Waals surface area contributed by atoms with E-state index in [1.165, 1.54) is 12.8 Å². The van der Waals surface area contributed by atoms with Gasteiger partial charge in [0.05, 0.1) is 0 Å². The van der Waals surface area contributed by atoms with E-state index in [0.29, 0.717) is 6.04 Å². The van der Waals surface area contributed by atoms with Crippen LogP contribution in [0.15, 0.2) is 0 Å². The van der Waals surface area contributed by atoms with Gasteiger partial charge in [-0.2, -0.15) is 0 Å². The summed E-state index contributed by atoms with van der Waals surface area (Å²) in [6.45, 7) is 2.05. The third-order valence-electron chi connectivity index (χ3n) is 1.99. The highest BCUT2D eigenvalue weighted by Crippen LogP contribution is 2.33. The van der Waals surface area contributed by atoms with Crippen LogP contribution in [0.25, 0.3) is 0 Å². The quantitative estimate of drug-likeness (QED) is 0.631. The fourth-order valence-electron chi connectivity index (χ4n) is 1.21. The highest BCUT2D eigenvalue weighted by atomic mass is 16.2. The van der Waals surface area contributed by atoms with Crippen LogP contribution in [0.5, 0.6) is 0 Å². The number of hydrogen-bond donors (Lipinski definition) is 2. The van der Waals surface area contributed by atoms with Gasteiger partial charge in [-0.05, 0) is 19.3 Å². The van der Waals surface area contributed by atoms with Gasteiger partial charge in [-0.1, -0.05) is 12.8 Å². The highest BCUT2D eigenvalue weighted by Gasteiger charge is 2.23. The van der Waals surface area contributed by atoms with Gasteiger partial charge in [0.15, 0.2) is 0 Å². The molecule has 64 valence electrons. The lowest BCUT2D eigenvalue weighted by Gasteiger charge is -2.12. The number of carbonyl (C=O) groups excluding carboxylic acids is 1. The van der Waals surface area contributed by atoms with E-state index in [9.17, 15) is 4.79 Å². The normalized spacial score (nSPS) is 19.1. The van der Waals surface area contributed by atoms with E-state index >= 15 is 0 Å². The Kier molecular flexibility index (Phi) is 2.74. The first-order valence-electron chi connectivity index (χ1n) is 4.20. The number of urea groups is 1. The van der Waals surface area contributed by atoms with Gasteiger partial charge in [0.2, 0.25) is 0 Å². The molecule has 1 unspecified atom stereocenters. The molecule has 1 saturated carbocycles. The van der Waals surface area contributed by atoms with E-state index in [2.05, 4.69) is 10.6 Å². The molecule has 0 bridgehead atoms. The largest absolute Gasteiger partial charge is 0.341 e. The Hall–Kier alpha value is -0.730. The average molecular weight is 156 g/mol. The summed E-state index contributed by atoms with van der Waals surface area (Å²) in [7, 11) is 1.64. The van der Waals surface area contributed by atoms with Gasteiger partial charge in [0.25, 0.3) is 0 Å². The van der Waals surface area contributed by atoms with Crippen LogP contribution in [0.2, 0.25) is 0 Å². The van der Waals surface area contributed by atoms with Crippen LogP contribution in [0.1, 0.15) is 26.2 Å². The van der Waals surface area contributed by atoms with Crippen molar-refractivity contribution in [1.29, 1.82) is 0 Å². The van der Waals surface area contributed by atoms with Gasteiger partial charge in [-0.25, -0.2) is 4.79 Å². The first-order valence-corrected chi connectivity index (χ1v) is 4.20. The first kappa shape index (κ1) is 8.37. The van der Waals surface area contributed by atoms with Gasteiger partial charge >= 0.3 is 6.03 Å². The fraction of sp³-hybridized carbons (Fsp3) is 0.875. The number of carbonyl (C=O) groups is 1. The van der Waals surface area contributed by atoms with Crippen LogP contribution in [-0.2, 0) is 0 Å². The zero-order chi connectivity index (χ0) is 8.27. The zero-order valence-electron chi connectivity index (χ0n) is 7.18. The second-order valence-electron chi connectivity index (χ2n) is 3.30. The molecule has 0 aromatic rings. The summed E-state index contributed by atoms with van der Waals surface area (Å²) >= 11 is 0. The van der Waals surface area contributed by atoms with Crippen molar-refractivity contribution in [3.63, 3.8) is 0 Å². The van der Waals surface area contributed by atoms with Crippen molar-refractivity contribution in [3.8, 4) is 0 Å². The summed E-state index contributed by atoms with van der Waals surface area (Å²) in [4.78, 5) is 10.8. The molecule has 0 spiro atoms. The minimum Gasteiger partial charge on any atom is -0.341 e. The molecule has 1 fully saturated rings. The standard InChI is InChI=1S/C8H16N2O/c1-6(5-7-3-4-7)10-8(11)9-2/h6-7H,3-5H2,1-2H3,(H2,9,10,11). The number of amides is 2. The Morgan fingerprint density at radius 2 is 2.27 bits per heavy atom. The van der Waals surface area contributed by atoms with Crippen LogP contribution in [-0.4, -0.2) is 19.1 Å². The van der Waals surface area contributed by atoms with Gasteiger partial charge < -0.3 is 10.6 Å². The Morgan fingerprint density at radius 3 is 2.73 bits per heavy atom. The minimum atomic E-state index is -0.0712. The summed E-state index contributed by atoms with van der Waals surface area (Å²) in [6, 6.07) is 0.251. The molecule has 0 aromatic heterocycles. The first-order chi connectivity index (χ1) is 5.22. The molecule has 2 amide bonds. The van der Waals surface area contributed by atoms with Gasteiger partial charge in [-0.3, -0.25) is 0 Å². The summed E-state index contributed by atoms with van der Waals surface area (Å²) < 4.78 is 0. The van der Waals surface area contributed by atoms with Gasteiger partial charge in [0, 0.05) is 13.1 Å².